The van der Waals surface area contributed by atoms with E-state index in [0.717, 1.165) is 27.9 Å². The summed E-state index contributed by atoms with van der Waals surface area (Å²) in [5, 5.41) is 5.49. The molecule has 0 aliphatic carbocycles. The molecule has 0 atom stereocenters. The van der Waals surface area contributed by atoms with Crippen molar-refractivity contribution in [3.05, 3.63) is 66.8 Å². The predicted molar refractivity (Wildman–Crippen MR) is 81.3 cm³/mol. The minimum atomic E-state index is 0.799. The fourth-order valence-electron chi connectivity index (χ4n) is 2.44. The number of furan rings is 1. The molecule has 0 bridgehead atoms. The molecule has 0 aliphatic rings. The molecular weight excluding hydrogens is 262 g/mol. The quantitative estimate of drug-likeness (QED) is 0.555. The largest absolute Gasteiger partial charge is 0.464 e. The van der Waals surface area contributed by atoms with Crippen LogP contribution in [0.2, 0.25) is 0 Å². The van der Waals surface area contributed by atoms with Crippen LogP contribution in [0.4, 0.5) is 0 Å². The maximum Gasteiger partial charge on any atom is 0.153 e. The van der Waals surface area contributed by atoms with Gasteiger partial charge in [0.05, 0.1) is 12.5 Å². The summed E-state index contributed by atoms with van der Waals surface area (Å²) in [6.45, 7) is 2.08. The molecule has 21 heavy (non-hydrogen) atoms. The smallest absolute Gasteiger partial charge is 0.153 e. The molecule has 0 amide bonds. The van der Waals surface area contributed by atoms with Crippen molar-refractivity contribution in [1.82, 2.24) is 14.8 Å². The molecular formula is C17H13N3O. The Kier molecular flexibility index (Phi) is 2.60. The Hall–Kier alpha value is -2.88. The first-order valence-corrected chi connectivity index (χ1v) is 6.75. The van der Waals surface area contributed by atoms with Crippen molar-refractivity contribution >= 4 is 11.0 Å². The van der Waals surface area contributed by atoms with Crippen LogP contribution in [-0.4, -0.2) is 14.8 Å². The van der Waals surface area contributed by atoms with Crippen molar-refractivity contribution in [2.24, 2.45) is 0 Å². The first-order chi connectivity index (χ1) is 10.3. The van der Waals surface area contributed by atoms with Crippen LogP contribution >= 0.6 is 0 Å². The summed E-state index contributed by atoms with van der Waals surface area (Å²) in [7, 11) is 0. The summed E-state index contributed by atoms with van der Waals surface area (Å²) in [4.78, 5) is 4.30. The lowest BCUT2D eigenvalue weighted by molar-refractivity contribution is 0.617. The van der Waals surface area contributed by atoms with E-state index in [1.165, 1.54) is 5.56 Å². The van der Waals surface area contributed by atoms with E-state index in [1.807, 2.05) is 42.7 Å². The summed E-state index contributed by atoms with van der Waals surface area (Å²) in [6.07, 6.45) is 7.34. The summed E-state index contributed by atoms with van der Waals surface area (Å²) in [5.41, 5.74) is 4.17. The van der Waals surface area contributed by atoms with Gasteiger partial charge in [-0.25, -0.2) is 9.67 Å². The van der Waals surface area contributed by atoms with Gasteiger partial charge >= 0.3 is 0 Å². The second kappa shape index (κ2) is 4.59. The Morgan fingerprint density at radius 2 is 2.10 bits per heavy atom. The van der Waals surface area contributed by atoms with E-state index in [9.17, 15) is 0 Å². The minimum Gasteiger partial charge on any atom is -0.464 e. The third-order valence-electron chi connectivity index (χ3n) is 3.51. The molecule has 4 aromatic rings. The highest BCUT2D eigenvalue weighted by molar-refractivity contribution is 5.94. The van der Waals surface area contributed by atoms with E-state index in [4.69, 9.17) is 4.42 Å². The Morgan fingerprint density at radius 3 is 2.95 bits per heavy atom. The lowest BCUT2D eigenvalue weighted by Gasteiger charge is -1.98. The third-order valence-corrected chi connectivity index (χ3v) is 3.51. The van der Waals surface area contributed by atoms with E-state index in [0.29, 0.717) is 0 Å². The van der Waals surface area contributed by atoms with Gasteiger partial charge in [0, 0.05) is 28.9 Å². The van der Waals surface area contributed by atoms with Crippen molar-refractivity contribution < 1.29 is 4.42 Å². The topological polar surface area (TPSA) is 43.9 Å². The van der Waals surface area contributed by atoms with Crippen LogP contribution in [0.25, 0.3) is 27.9 Å². The molecule has 0 aliphatic heterocycles. The molecule has 102 valence electrons. The van der Waals surface area contributed by atoms with Crippen molar-refractivity contribution in [2.45, 2.75) is 6.92 Å². The van der Waals surface area contributed by atoms with Gasteiger partial charge in [0.15, 0.2) is 5.82 Å². The van der Waals surface area contributed by atoms with Gasteiger partial charge in [0.1, 0.15) is 5.58 Å². The molecule has 0 radical (unpaired) electrons. The molecule has 4 rings (SSSR count). The van der Waals surface area contributed by atoms with Crippen LogP contribution in [0, 0.1) is 6.92 Å². The maximum atomic E-state index is 5.62. The van der Waals surface area contributed by atoms with E-state index in [1.54, 1.807) is 17.1 Å². The number of rotatable bonds is 2. The SMILES string of the molecule is Cc1ccc2occ(-c3cnn(-c4ccccn4)c3)c2c1. The van der Waals surface area contributed by atoms with Crippen molar-refractivity contribution in [2.75, 3.05) is 0 Å². The summed E-state index contributed by atoms with van der Waals surface area (Å²) >= 11 is 0. The Balaban J connectivity index is 1.83. The predicted octanol–water partition coefficient (Wildman–Crippen LogP) is 3.99. The highest BCUT2D eigenvalue weighted by Crippen LogP contribution is 2.31. The van der Waals surface area contributed by atoms with Gasteiger partial charge in [-0.2, -0.15) is 5.10 Å². The van der Waals surface area contributed by atoms with Crippen LogP contribution in [0.5, 0.6) is 0 Å². The number of aromatic nitrogens is 3. The van der Waals surface area contributed by atoms with E-state index < -0.39 is 0 Å². The van der Waals surface area contributed by atoms with E-state index in [-0.39, 0.29) is 0 Å². The molecule has 3 heterocycles. The highest BCUT2D eigenvalue weighted by atomic mass is 16.3. The lowest BCUT2D eigenvalue weighted by Crippen LogP contribution is -1.95. The molecule has 0 N–H and O–H groups in total. The molecule has 3 aromatic heterocycles. The molecule has 0 unspecified atom stereocenters. The van der Waals surface area contributed by atoms with Gasteiger partial charge in [-0.1, -0.05) is 17.7 Å². The number of fused-ring (bicyclic) bond motifs is 1. The number of pyridine rings is 1. The normalized spacial score (nSPS) is 11.1. The summed E-state index contributed by atoms with van der Waals surface area (Å²) in [6, 6.07) is 11.9. The summed E-state index contributed by atoms with van der Waals surface area (Å²) in [5.74, 6) is 0.799. The zero-order valence-electron chi connectivity index (χ0n) is 11.5. The number of aryl methyl sites for hydroxylation is 1. The van der Waals surface area contributed by atoms with Gasteiger partial charge in [-0.15, -0.1) is 0 Å². The van der Waals surface area contributed by atoms with Gasteiger partial charge in [-0.3, -0.25) is 0 Å². The van der Waals surface area contributed by atoms with Gasteiger partial charge < -0.3 is 4.42 Å². The van der Waals surface area contributed by atoms with E-state index in [2.05, 4.69) is 23.1 Å². The Morgan fingerprint density at radius 1 is 1.14 bits per heavy atom. The van der Waals surface area contributed by atoms with Crippen LogP contribution in [0.15, 0.2) is 65.7 Å². The van der Waals surface area contributed by atoms with Gasteiger partial charge in [-0.05, 0) is 31.2 Å². The van der Waals surface area contributed by atoms with Gasteiger partial charge in [0.25, 0.3) is 0 Å². The zero-order valence-corrected chi connectivity index (χ0v) is 11.5. The molecule has 0 saturated carbocycles. The third kappa shape index (κ3) is 2.01. The Labute approximate surface area is 121 Å². The van der Waals surface area contributed by atoms with E-state index >= 15 is 0 Å². The summed E-state index contributed by atoms with van der Waals surface area (Å²) < 4.78 is 7.39. The number of benzene rings is 1. The van der Waals surface area contributed by atoms with Crippen LogP contribution in [0.3, 0.4) is 0 Å². The zero-order chi connectivity index (χ0) is 14.2. The van der Waals surface area contributed by atoms with Crippen molar-refractivity contribution in [3.63, 3.8) is 0 Å². The monoisotopic (exact) mass is 275 g/mol. The molecule has 0 saturated heterocycles. The first kappa shape index (κ1) is 11.9. The van der Waals surface area contributed by atoms with Gasteiger partial charge in [0.2, 0.25) is 0 Å². The molecule has 4 heteroatoms. The number of nitrogens with zero attached hydrogens (tertiary/aromatic N) is 3. The number of hydrogen-bond acceptors (Lipinski definition) is 3. The van der Waals surface area contributed by atoms with Crippen molar-refractivity contribution in [1.29, 1.82) is 0 Å². The molecule has 4 nitrogen and oxygen atoms in total. The fraction of sp³-hybridized carbons (Fsp3) is 0.0588. The lowest BCUT2D eigenvalue weighted by atomic mass is 10.1. The molecule has 1 aromatic carbocycles. The van der Waals surface area contributed by atoms with Crippen LogP contribution in [0.1, 0.15) is 5.56 Å². The first-order valence-electron chi connectivity index (χ1n) is 6.75. The highest BCUT2D eigenvalue weighted by Gasteiger charge is 2.11. The fourth-order valence-corrected chi connectivity index (χ4v) is 2.44. The maximum absolute atomic E-state index is 5.62. The number of hydrogen-bond donors (Lipinski definition) is 0. The standard InChI is InChI=1S/C17H13N3O/c1-12-5-6-16-14(8-12)15(11-21-16)13-9-19-20(10-13)17-4-2-3-7-18-17/h2-11H,1H3. The molecule has 0 spiro atoms. The minimum absolute atomic E-state index is 0.799. The second-order valence-corrected chi connectivity index (χ2v) is 5.01. The van der Waals surface area contributed by atoms with Crippen LogP contribution in [-0.2, 0) is 0 Å². The average molecular weight is 275 g/mol. The Bertz CT molecular complexity index is 906. The molecule has 0 fully saturated rings. The average Bonchev–Trinajstić information content (AvgIpc) is 3.14. The van der Waals surface area contributed by atoms with Crippen LogP contribution < -0.4 is 0 Å². The van der Waals surface area contributed by atoms with Crippen molar-refractivity contribution in [3.8, 4) is 16.9 Å². The second-order valence-electron chi connectivity index (χ2n) is 5.01.